The first kappa shape index (κ1) is 13.3. The van der Waals surface area contributed by atoms with Crippen LogP contribution in [-0.2, 0) is 13.0 Å². The van der Waals surface area contributed by atoms with Crippen molar-refractivity contribution in [2.75, 3.05) is 18.0 Å². The lowest BCUT2D eigenvalue weighted by molar-refractivity contribution is 0.281. The standard InChI is InChI=1S/C15H24N2O/c1-3-5-14-8-13(11-18)9-15(16-14)17-7-4-6-12(2)10-17/h8-9,12,18H,3-7,10-11H2,1-2H3. The summed E-state index contributed by atoms with van der Waals surface area (Å²) in [4.78, 5) is 7.11. The molecule has 18 heavy (non-hydrogen) atoms. The summed E-state index contributed by atoms with van der Waals surface area (Å²) >= 11 is 0. The topological polar surface area (TPSA) is 36.4 Å². The van der Waals surface area contributed by atoms with E-state index in [0.717, 1.165) is 48.9 Å². The third-order valence-electron chi connectivity index (χ3n) is 3.59. The maximum Gasteiger partial charge on any atom is 0.129 e. The zero-order valence-electron chi connectivity index (χ0n) is 11.5. The molecule has 1 fully saturated rings. The Morgan fingerprint density at radius 2 is 2.28 bits per heavy atom. The molecule has 0 aliphatic carbocycles. The largest absolute Gasteiger partial charge is 0.392 e. The molecule has 2 heterocycles. The van der Waals surface area contributed by atoms with Gasteiger partial charge in [0.25, 0.3) is 0 Å². The third-order valence-corrected chi connectivity index (χ3v) is 3.59. The smallest absolute Gasteiger partial charge is 0.129 e. The molecule has 0 aromatic carbocycles. The summed E-state index contributed by atoms with van der Waals surface area (Å²) in [6.45, 7) is 6.76. The van der Waals surface area contributed by atoms with E-state index in [1.165, 1.54) is 12.8 Å². The van der Waals surface area contributed by atoms with Crippen LogP contribution < -0.4 is 4.90 Å². The van der Waals surface area contributed by atoms with E-state index in [0.29, 0.717) is 0 Å². The van der Waals surface area contributed by atoms with Gasteiger partial charge in [-0.3, -0.25) is 0 Å². The summed E-state index contributed by atoms with van der Waals surface area (Å²) in [6.07, 6.45) is 4.65. The van der Waals surface area contributed by atoms with Crippen LogP contribution in [0.15, 0.2) is 12.1 Å². The number of anilines is 1. The number of piperidine rings is 1. The van der Waals surface area contributed by atoms with Crippen molar-refractivity contribution in [1.82, 2.24) is 4.98 Å². The maximum absolute atomic E-state index is 9.36. The molecule has 0 spiro atoms. The Kier molecular flexibility index (Phi) is 4.59. The summed E-state index contributed by atoms with van der Waals surface area (Å²) in [5.41, 5.74) is 2.10. The van der Waals surface area contributed by atoms with E-state index in [-0.39, 0.29) is 6.61 Å². The Bertz CT molecular complexity index is 392. The minimum atomic E-state index is 0.107. The van der Waals surface area contributed by atoms with Crippen molar-refractivity contribution in [3.8, 4) is 0 Å². The normalized spacial score (nSPS) is 20.2. The molecule has 3 nitrogen and oxygen atoms in total. The molecule has 1 saturated heterocycles. The molecular formula is C15H24N2O. The number of aliphatic hydroxyl groups excluding tert-OH is 1. The molecule has 0 bridgehead atoms. The molecule has 1 unspecified atom stereocenters. The summed E-state index contributed by atoms with van der Waals surface area (Å²) in [5, 5.41) is 9.36. The van der Waals surface area contributed by atoms with Crippen LogP contribution in [0.1, 0.15) is 44.4 Å². The molecule has 1 atom stereocenters. The highest BCUT2D eigenvalue weighted by molar-refractivity contribution is 5.43. The Morgan fingerprint density at radius 1 is 1.44 bits per heavy atom. The van der Waals surface area contributed by atoms with Gasteiger partial charge in [0, 0.05) is 18.8 Å². The Morgan fingerprint density at radius 3 is 2.94 bits per heavy atom. The van der Waals surface area contributed by atoms with E-state index in [1.807, 2.05) is 12.1 Å². The number of hydrogen-bond donors (Lipinski definition) is 1. The van der Waals surface area contributed by atoms with Crippen molar-refractivity contribution in [3.63, 3.8) is 0 Å². The van der Waals surface area contributed by atoms with Crippen LogP contribution in [0.3, 0.4) is 0 Å². The second-order valence-corrected chi connectivity index (χ2v) is 5.43. The zero-order chi connectivity index (χ0) is 13.0. The van der Waals surface area contributed by atoms with Gasteiger partial charge >= 0.3 is 0 Å². The van der Waals surface area contributed by atoms with Gasteiger partial charge in [-0.15, -0.1) is 0 Å². The van der Waals surface area contributed by atoms with Crippen molar-refractivity contribution in [2.45, 2.75) is 46.1 Å². The lowest BCUT2D eigenvalue weighted by Gasteiger charge is -2.32. The van der Waals surface area contributed by atoms with E-state index in [9.17, 15) is 5.11 Å². The second-order valence-electron chi connectivity index (χ2n) is 5.43. The van der Waals surface area contributed by atoms with Crippen molar-refractivity contribution in [2.24, 2.45) is 5.92 Å². The van der Waals surface area contributed by atoms with Gasteiger partial charge in [-0.2, -0.15) is 0 Å². The fraction of sp³-hybridized carbons (Fsp3) is 0.667. The van der Waals surface area contributed by atoms with Crippen LogP contribution >= 0.6 is 0 Å². The summed E-state index contributed by atoms with van der Waals surface area (Å²) in [7, 11) is 0. The number of nitrogens with zero attached hydrogens (tertiary/aromatic N) is 2. The molecule has 3 heteroatoms. The Balaban J connectivity index is 2.22. The molecule has 1 aliphatic heterocycles. The van der Waals surface area contributed by atoms with Crippen LogP contribution in [0.2, 0.25) is 0 Å². The molecule has 1 N–H and O–H groups in total. The molecule has 2 rings (SSSR count). The lowest BCUT2D eigenvalue weighted by atomic mass is 10.0. The van der Waals surface area contributed by atoms with Gasteiger partial charge in [0.2, 0.25) is 0 Å². The van der Waals surface area contributed by atoms with Crippen LogP contribution in [0.4, 0.5) is 5.82 Å². The monoisotopic (exact) mass is 248 g/mol. The van der Waals surface area contributed by atoms with E-state index >= 15 is 0 Å². The highest BCUT2D eigenvalue weighted by Gasteiger charge is 2.18. The number of aryl methyl sites for hydroxylation is 1. The predicted molar refractivity (Wildman–Crippen MR) is 74.8 cm³/mol. The van der Waals surface area contributed by atoms with E-state index in [4.69, 9.17) is 4.98 Å². The zero-order valence-corrected chi connectivity index (χ0v) is 11.5. The van der Waals surface area contributed by atoms with Crippen LogP contribution in [-0.4, -0.2) is 23.2 Å². The Labute approximate surface area is 110 Å². The van der Waals surface area contributed by atoms with Gasteiger partial charge in [-0.1, -0.05) is 20.3 Å². The predicted octanol–water partition coefficient (Wildman–Crippen LogP) is 2.76. The fourth-order valence-electron chi connectivity index (χ4n) is 2.67. The van der Waals surface area contributed by atoms with Gasteiger partial charge in [-0.25, -0.2) is 4.98 Å². The fourth-order valence-corrected chi connectivity index (χ4v) is 2.67. The van der Waals surface area contributed by atoms with Crippen LogP contribution in [0, 0.1) is 5.92 Å². The average Bonchev–Trinajstić information content (AvgIpc) is 2.39. The number of pyridine rings is 1. The van der Waals surface area contributed by atoms with Gasteiger partial charge in [0.15, 0.2) is 0 Å². The summed E-state index contributed by atoms with van der Waals surface area (Å²) < 4.78 is 0. The van der Waals surface area contributed by atoms with Crippen LogP contribution in [0.25, 0.3) is 0 Å². The molecule has 0 saturated carbocycles. The first-order valence-corrected chi connectivity index (χ1v) is 7.08. The number of hydrogen-bond acceptors (Lipinski definition) is 3. The van der Waals surface area contributed by atoms with Crippen LogP contribution in [0.5, 0.6) is 0 Å². The highest BCUT2D eigenvalue weighted by atomic mass is 16.3. The van der Waals surface area contributed by atoms with Crippen molar-refractivity contribution in [3.05, 3.63) is 23.4 Å². The van der Waals surface area contributed by atoms with Crippen molar-refractivity contribution >= 4 is 5.82 Å². The van der Waals surface area contributed by atoms with Gasteiger partial charge in [0.05, 0.1) is 6.61 Å². The molecule has 0 amide bonds. The first-order valence-electron chi connectivity index (χ1n) is 7.08. The van der Waals surface area contributed by atoms with E-state index < -0.39 is 0 Å². The minimum absolute atomic E-state index is 0.107. The maximum atomic E-state index is 9.36. The highest BCUT2D eigenvalue weighted by Crippen LogP contribution is 2.23. The Hall–Kier alpha value is -1.09. The van der Waals surface area contributed by atoms with Crippen molar-refractivity contribution < 1.29 is 5.11 Å². The van der Waals surface area contributed by atoms with Gasteiger partial charge in [0.1, 0.15) is 5.82 Å². The quantitative estimate of drug-likeness (QED) is 0.890. The molecule has 0 radical (unpaired) electrons. The molecule has 100 valence electrons. The lowest BCUT2D eigenvalue weighted by Crippen LogP contribution is -2.35. The third kappa shape index (κ3) is 3.22. The molecule has 1 aromatic rings. The van der Waals surface area contributed by atoms with E-state index in [1.54, 1.807) is 0 Å². The summed E-state index contributed by atoms with van der Waals surface area (Å²) in [5.74, 6) is 1.80. The van der Waals surface area contributed by atoms with E-state index in [2.05, 4.69) is 18.7 Å². The molecular weight excluding hydrogens is 224 g/mol. The number of rotatable bonds is 4. The molecule has 1 aromatic heterocycles. The SMILES string of the molecule is CCCc1cc(CO)cc(N2CCCC(C)C2)n1. The average molecular weight is 248 g/mol. The number of aromatic nitrogens is 1. The van der Waals surface area contributed by atoms with Gasteiger partial charge < -0.3 is 10.0 Å². The van der Waals surface area contributed by atoms with Crippen molar-refractivity contribution in [1.29, 1.82) is 0 Å². The molecule has 1 aliphatic rings. The first-order chi connectivity index (χ1) is 8.72. The minimum Gasteiger partial charge on any atom is -0.392 e. The van der Waals surface area contributed by atoms with Gasteiger partial charge in [-0.05, 0) is 42.9 Å². The second kappa shape index (κ2) is 6.19. The summed E-state index contributed by atoms with van der Waals surface area (Å²) in [6, 6.07) is 4.07. The number of aliphatic hydroxyl groups is 1.